The van der Waals surface area contributed by atoms with Crippen LogP contribution < -0.4 is 14.4 Å². The van der Waals surface area contributed by atoms with Crippen LogP contribution in [0, 0.1) is 0 Å². The van der Waals surface area contributed by atoms with Gasteiger partial charge in [-0.05, 0) is 42.3 Å². The van der Waals surface area contributed by atoms with Gasteiger partial charge in [-0.15, -0.1) is 0 Å². The first-order chi connectivity index (χ1) is 15.5. The van der Waals surface area contributed by atoms with Gasteiger partial charge in [-0.3, -0.25) is 13.9 Å². The molecule has 0 unspecified atom stereocenters. The van der Waals surface area contributed by atoms with Gasteiger partial charge in [0.2, 0.25) is 21.8 Å². The van der Waals surface area contributed by atoms with Crippen LogP contribution in [0.3, 0.4) is 0 Å². The first-order valence-corrected chi connectivity index (χ1v) is 12.7. The van der Waals surface area contributed by atoms with Crippen molar-refractivity contribution in [1.29, 1.82) is 0 Å². The zero-order valence-corrected chi connectivity index (χ0v) is 21.2. The zero-order valence-electron chi connectivity index (χ0n) is 18.8. The summed E-state index contributed by atoms with van der Waals surface area (Å²) in [6.07, 6.45) is 1.33. The number of nitrogens with zero attached hydrogens (tertiary/aromatic N) is 2. The number of rotatable bonds is 10. The summed E-state index contributed by atoms with van der Waals surface area (Å²) in [7, 11) is -0.816. The zero-order chi connectivity index (χ0) is 24.8. The lowest BCUT2D eigenvalue weighted by molar-refractivity contribution is -0.140. The molecule has 8 nitrogen and oxygen atoms in total. The molecule has 0 radical (unpaired) electrons. The molecule has 2 rings (SSSR count). The SMILES string of the molecule is CC[C@@H](C(=O)NC)N(Cc1ccc(OC)cc1)C(=O)CN(c1ccc(Cl)c(Cl)c1)S(C)(=O)=O. The van der Waals surface area contributed by atoms with E-state index in [1.807, 2.05) is 0 Å². The van der Waals surface area contributed by atoms with E-state index >= 15 is 0 Å². The smallest absolute Gasteiger partial charge is 0.244 e. The molecule has 0 bridgehead atoms. The predicted octanol–water partition coefficient (Wildman–Crippen LogP) is 3.32. The molecule has 0 aliphatic heterocycles. The van der Waals surface area contributed by atoms with Crippen LogP contribution in [0.25, 0.3) is 0 Å². The fraction of sp³-hybridized carbons (Fsp3) is 0.364. The Balaban J connectivity index is 2.43. The first-order valence-electron chi connectivity index (χ1n) is 10.1. The molecule has 0 fully saturated rings. The van der Waals surface area contributed by atoms with Gasteiger partial charge >= 0.3 is 0 Å². The molecule has 0 saturated heterocycles. The van der Waals surface area contributed by atoms with Gasteiger partial charge in [0.05, 0.1) is 29.1 Å². The Hall–Kier alpha value is -2.49. The van der Waals surface area contributed by atoms with Crippen LogP contribution in [-0.4, -0.2) is 58.1 Å². The predicted molar refractivity (Wildman–Crippen MR) is 130 cm³/mol. The van der Waals surface area contributed by atoms with Crippen LogP contribution >= 0.6 is 23.2 Å². The van der Waals surface area contributed by atoms with E-state index in [2.05, 4.69) is 5.32 Å². The first kappa shape index (κ1) is 26.8. The number of carbonyl (C=O) groups is 2. The number of hydrogen-bond acceptors (Lipinski definition) is 5. The number of halogens is 2. The van der Waals surface area contributed by atoms with Gasteiger partial charge in [-0.1, -0.05) is 42.3 Å². The number of benzene rings is 2. The number of ether oxygens (including phenoxy) is 1. The molecule has 2 aromatic rings. The highest BCUT2D eigenvalue weighted by Gasteiger charge is 2.31. The molecular weight excluding hydrogens is 489 g/mol. The van der Waals surface area contributed by atoms with E-state index in [0.29, 0.717) is 12.2 Å². The van der Waals surface area contributed by atoms with Gasteiger partial charge in [0.1, 0.15) is 18.3 Å². The normalized spacial score (nSPS) is 12.1. The Kier molecular flexibility index (Phi) is 9.39. The van der Waals surface area contributed by atoms with Gasteiger partial charge < -0.3 is 15.0 Å². The van der Waals surface area contributed by atoms with E-state index in [1.165, 1.54) is 30.1 Å². The van der Waals surface area contributed by atoms with Crippen LogP contribution in [-0.2, 0) is 26.2 Å². The number of methoxy groups -OCH3 is 1. The topological polar surface area (TPSA) is 96.0 Å². The molecule has 2 aromatic carbocycles. The summed E-state index contributed by atoms with van der Waals surface area (Å²) in [6.45, 7) is 1.37. The summed E-state index contributed by atoms with van der Waals surface area (Å²) in [4.78, 5) is 27.3. The number of nitrogens with one attached hydrogen (secondary N) is 1. The van der Waals surface area contributed by atoms with Crippen LogP contribution in [0.5, 0.6) is 5.75 Å². The van der Waals surface area contributed by atoms with Crippen molar-refractivity contribution in [1.82, 2.24) is 10.2 Å². The Morgan fingerprint density at radius 1 is 1.09 bits per heavy atom. The van der Waals surface area contributed by atoms with Crippen molar-refractivity contribution in [3.63, 3.8) is 0 Å². The Morgan fingerprint density at radius 3 is 2.21 bits per heavy atom. The third kappa shape index (κ3) is 6.99. The molecule has 0 aliphatic carbocycles. The highest BCUT2D eigenvalue weighted by molar-refractivity contribution is 7.92. The van der Waals surface area contributed by atoms with Gasteiger partial charge in [0, 0.05) is 13.6 Å². The lowest BCUT2D eigenvalue weighted by Crippen LogP contribution is -2.51. The van der Waals surface area contributed by atoms with E-state index in [0.717, 1.165) is 16.1 Å². The van der Waals surface area contributed by atoms with E-state index in [-0.39, 0.29) is 28.2 Å². The van der Waals surface area contributed by atoms with E-state index in [4.69, 9.17) is 27.9 Å². The molecule has 11 heteroatoms. The maximum atomic E-state index is 13.4. The minimum atomic E-state index is -3.85. The van der Waals surface area contributed by atoms with Gasteiger partial charge in [-0.25, -0.2) is 8.42 Å². The van der Waals surface area contributed by atoms with E-state index < -0.39 is 28.5 Å². The summed E-state index contributed by atoms with van der Waals surface area (Å²) in [5.41, 5.74) is 0.949. The van der Waals surface area contributed by atoms with Crippen LogP contribution in [0.2, 0.25) is 10.0 Å². The molecule has 33 heavy (non-hydrogen) atoms. The molecule has 2 amide bonds. The number of anilines is 1. The summed E-state index contributed by atoms with van der Waals surface area (Å²) in [5.74, 6) is -0.240. The molecule has 1 N–H and O–H groups in total. The van der Waals surface area contributed by atoms with E-state index in [9.17, 15) is 18.0 Å². The summed E-state index contributed by atoms with van der Waals surface area (Å²) < 4.78 is 31.2. The number of amides is 2. The third-order valence-electron chi connectivity index (χ3n) is 5.01. The number of likely N-dealkylation sites (N-methyl/N-ethyl adjacent to an activating group) is 1. The maximum absolute atomic E-state index is 13.4. The lowest BCUT2D eigenvalue weighted by Gasteiger charge is -2.32. The standard InChI is InChI=1S/C22H27Cl2N3O5S/c1-5-20(22(29)25-2)26(13-15-6-9-17(32-3)10-7-15)21(28)14-27(33(4,30)31)16-8-11-18(23)19(24)12-16/h6-12,20H,5,13-14H2,1-4H3,(H,25,29)/t20-/m0/s1. The minimum Gasteiger partial charge on any atom is -0.497 e. The molecule has 0 aliphatic rings. The maximum Gasteiger partial charge on any atom is 0.244 e. The summed E-state index contributed by atoms with van der Waals surface area (Å²) >= 11 is 12.0. The van der Waals surface area contributed by atoms with Crippen LogP contribution in [0.15, 0.2) is 42.5 Å². The fourth-order valence-corrected chi connectivity index (χ4v) is 4.40. The average molecular weight is 516 g/mol. The molecule has 0 spiro atoms. The molecule has 0 heterocycles. The molecule has 1 atom stereocenters. The second kappa shape index (κ2) is 11.6. The molecular formula is C22H27Cl2N3O5S. The van der Waals surface area contributed by atoms with Crippen molar-refractivity contribution in [3.8, 4) is 5.75 Å². The van der Waals surface area contributed by atoms with Crippen LogP contribution in [0.1, 0.15) is 18.9 Å². The number of carbonyl (C=O) groups excluding carboxylic acids is 2. The van der Waals surface area contributed by atoms with Crippen molar-refractivity contribution in [2.24, 2.45) is 0 Å². The fourth-order valence-electron chi connectivity index (χ4n) is 3.27. The van der Waals surface area contributed by atoms with Crippen molar-refractivity contribution in [2.75, 3.05) is 31.3 Å². The van der Waals surface area contributed by atoms with Gasteiger partial charge in [0.25, 0.3) is 0 Å². The monoisotopic (exact) mass is 515 g/mol. The minimum absolute atomic E-state index is 0.105. The largest absolute Gasteiger partial charge is 0.497 e. The van der Waals surface area contributed by atoms with Crippen molar-refractivity contribution in [2.45, 2.75) is 25.9 Å². The second-order valence-corrected chi connectivity index (χ2v) is 10.00. The molecule has 0 aromatic heterocycles. The quantitative estimate of drug-likeness (QED) is 0.523. The Morgan fingerprint density at radius 2 is 1.73 bits per heavy atom. The van der Waals surface area contributed by atoms with Gasteiger partial charge in [0.15, 0.2) is 0 Å². The molecule has 0 saturated carbocycles. The molecule has 180 valence electrons. The van der Waals surface area contributed by atoms with Crippen LogP contribution in [0.4, 0.5) is 5.69 Å². The van der Waals surface area contributed by atoms with Gasteiger partial charge in [-0.2, -0.15) is 0 Å². The lowest BCUT2D eigenvalue weighted by atomic mass is 10.1. The Labute approximate surface area is 204 Å². The second-order valence-electron chi connectivity index (χ2n) is 7.28. The van der Waals surface area contributed by atoms with Crippen molar-refractivity contribution in [3.05, 3.63) is 58.1 Å². The Bertz CT molecular complexity index is 1090. The highest BCUT2D eigenvalue weighted by Crippen LogP contribution is 2.28. The highest BCUT2D eigenvalue weighted by atomic mass is 35.5. The van der Waals surface area contributed by atoms with E-state index in [1.54, 1.807) is 38.3 Å². The van der Waals surface area contributed by atoms with Crippen molar-refractivity contribution < 1.29 is 22.7 Å². The number of hydrogen-bond donors (Lipinski definition) is 1. The summed E-state index contributed by atoms with van der Waals surface area (Å²) in [6, 6.07) is 10.6. The third-order valence-corrected chi connectivity index (χ3v) is 6.89. The average Bonchev–Trinajstić information content (AvgIpc) is 2.78. The van der Waals surface area contributed by atoms with Crippen molar-refractivity contribution >= 4 is 50.7 Å². The summed E-state index contributed by atoms with van der Waals surface area (Å²) in [5, 5.41) is 2.98. The number of sulfonamides is 1.